The molecule has 1 atom stereocenters. The van der Waals surface area contributed by atoms with Crippen molar-refractivity contribution < 1.29 is 18.6 Å². The molecule has 0 radical (unpaired) electrons. The minimum Gasteiger partial charge on any atom is -0.457 e. The first kappa shape index (κ1) is 25.4. The van der Waals surface area contributed by atoms with Gasteiger partial charge in [0, 0.05) is 39.3 Å². The summed E-state index contributed by atoms with van der Waals surface area (Å²) >= 11 is 0. The fourth-order valence-corrected chi connectivity index (χ4v) is 3.07. The zero-order chi connectivity index (χ0) is 21.0. The van der Waals surface area contributed by atoms with E-state index in [1.165, 1.54) is 12.1 Å². The molecule has 2 aromatic rings. The van der Waals surface area contributed by atoms with Crippen LogP contribution in [0.2, 0.25) is 0 Å². The maximum Gasteiger partial charge on any atom is 0.191 e. The first-order valence-corrected chi connectivity index (χ1v) is 10.4. The van der Waals surface area contributed by atoms with E-state index in [2.05, 4.69) is 15.6 Å². The number of ether oxygens (including phenoxy) is 3. The minimum absolute atomic E-state index is 0. The monoisotopic (exact) mass is 543 g/mol. The molecule has 0 spiro atoms. The molecule has 0 amide bonds. The number of benzene rings is 2. The van der Waals surface area contributed by atoms with E-state index in [1.807, 2.05) is 24.3 Å². The lowest BCUT2D eigenvalue weighted by Crippen LogP contribution is -2.37. The fourth-order valence-electron chi connectivity index (χ4n) is 3.07. The van der Waals surface area contributed by atoms with Gasteiger partial charge in [-0.3, -0.25) is 4.99 Å². The van der Waals surface area contributed by atoms with Crippen molar-refractivity contribution in [2.45, 2.75) is 19.4 Å². The van der Waals surface area contributed by atoms with Crippen molar-refractivity contribution >= 4 is 29.9 Å². The summed E-state index contributed by atoms with van der Waals surface area (Å²) in [4.78, 5) is 4.25. The molecule has 0 aliphatic carbocycles. The Morgan fingerprint density at radius 2 is 1.81 bits per heavy atom. The summed E-state index contributed by atoms with van der Waals surface area (Å²) in [5.41, 5.74) is 1.10. The van der Waals surface area contributed by atoms with Gasteiger partial charge in [-0.15, -0.1) is 24.0 Å². The van der Waals surface area contributed by atoms with Crippen LogP contribution in [0.3, 0.4) is 0 Å². The second-order valence-electron chi connectivity index (χ2n) is 7.21. The molecule has 0 bridgehead atoms. The van der Waals surface area contributed by atoms with Crippen LogP contribution < -0.4 is 15.4 Å². The van der Waals surface area contributed by atoms with Gasteiger partial charge in [-0.05, 0) is 54.8 Å². The van der Waals surface area contributed by atoms with Crippen LogP contribution in [-0.4, -0.2) is 46.0 Å². The van der Waals surface area contributed by atoms with Crippen molar-refractivity contribution in [1.29, 1.82) is 0 Å². The van der Waals surface area contributed by atoms with E-state index in [4.69, 9.17) is 14.2 Å². The van der Waals surface area contributed by atoms with Crippen LogP contribution in [0.5, 0.6) is 11.5 Å². The van der Waals surface area contributed by atoms with E-state index in [-0.39, 0.29) is 29.8 Å². The lowest BCUT2D eigenvalue weighted by molar-refractivity contribution is 0.0888. The van der Waals surface area contributed by atoms with Crippen LogP contribution in [0.1, 0.15) is 18.4 Å². The number of halogens is 2. The second kappa shape index (κ2) is 14.2. The lowest BCUT2D eigenvalue weighted by Gasteiger charge is -2.13. The van der Waals surface area contributed by atoms with Gasteiger partial charge in [0.1, 0.15) is 17.3 Å². The van der Waals surface area contributed by atoms with Crippen molar-refractivity contribution in [2.75, 3.05) is 40.0 Å². The maximum atomic E-state index is 13.0. The van der Waals surface area contributed by atoms with Gasteiger partial charge < -0.3 is 24.8 Å². The normalized spacial score (nSPS) is 15.9. The van der Waals surface area contributed by atoms with Crippen molar-refractivity contribution in [2.24, 2.45) is 10.9 Å². The average molecular weight is 543 g/mol. The van der Waals surface area contributed by atoms with Crippen molar-refractivity contribution in [3.05, 3.63) is 59.9 Å². The molecule has 2 aromatic carbocycles. The topological polar surface area (TPSA) is 64.1 Å². The fraction of sp³-hybridized carbons (Fsp3) is 0.435. The Labute approximate surface area is 200 Å². The Morgan fingerprint density at radius 3 is 2.45 bits per heavy atom. The predicted molar refractivity (Wildman–Crippen MR) is 131 cm³/mol. The predicted octanol–water partition coefficient (Wildman–Crippen LogP) is 4.34. The molecule has 3 rings (SSSR count). The van der Waals surface area contributed by atoms with Gasteiger partial charge in [0.25, 0.3) is 0 Å². The Balaban J connectivity index is 0.00000341. The molecule has 2 N–H and O–H groups in total. The standard InChI is InChI=1S/C23H30FN3O3.HI/c1-25-23(26-12-2-13-28-16-19-11-14-29-17-19)27-15-18-3-7-21(8-4-18)30-22-9-5-20(24)6-10-22;/h3-10,19H,2,11-17H2,1H3,(H2,25,26,27);1H. The summed E-state index contributed by atoms with van der Waals surface area (Å²) in [6, 6.07) is 13.7. The summed E-state index contributed by atoms with van der Waals surface area (Å²) in [6.07, 6.45) is 2.03. The largest absolute Gasteiger partial charge is 0.457 e. The number of aliphatic imine (C=N–C) groups is 1. The molecule has 6 nitrogen and oxygen atoms in total. The van der Waals surface area contributed by atoms with Gasteiger partial charge in [0.05, 0.1) is 13.2 Å². The third-order valence-corrected chi connectivity index (χ3v) is 4.79. The van der Waals surface area contributed by atoms with Crippen LogP contribution in [0.25, 0.3) is 0 Å². The average Bonchev–Trinajstić information content (AvgIpc) is 3.29. The van der Waals surface area contributed by atoms with Gasteiger partial charge >= 0.3 is 0 Å². The number of hydrogen-bond donors (Lipinski definition) is 2. The molecule has 1 aliphatic rings. The van der Waals surface area contributed by atoms with Crippen molar-refractivity contribution in [3.8, 4) is 11.5 Å². The molecular formula is C23H31FIN3O3. The van der Waals surface area contributed by atoms with E-state index in [0.29, 0.717) is 24.0 Å². The molecule has 8 heteroatoms. The van der Waals surface area contributed by atoms with Crippen LogP contribution in [0.4, 0.5) is 4.39 Å². The summed E-state index contributed by atoms with van der Waals surface area (Å²) in [7, 11) is 1.76. The number of hydrogen-bond acceptors (Lipinski definition) is 4. The van der Waals surface area contributed by atoms with Crippen molar-refractivity contribution in [1.82, 2.24) is 10.6 Å². The summed E-state index contributed by atoms with van der Waals surface area (Å²) in [6.45, 7) is 4.65. The molecular weight excluding hydrogens is 512 g/mol. The van der Waals surface area contributed by atoms with Gasteiger partial charge in [0.15, 0.2) is 5.96 Å². The maximum absolute atomic E-state index is 13.0. The Hall–Kier alpha value is -1.91. The minimum atomic E-state index is -0.280. The Kier molecular flexibility index (Phi) is 11.6. The van der Waals surface area contributed by atoms with Gasteiger partial charge in [-0.2, -0.15) is 0 Å². The van der Waals surface area contributed by atoms with E-state index in [0.717, 1.165) is 57.3 Å². The first-order chi connectivity index (χ1) is 14.7. The summed E-state index contributed by atoms with van der Waals surface area (Å²) in [5.74, 6) is 2.34. The van der Waals surface area contributed by atoms with E-state index >= 15 is 0 Å². The van der Waals surface area contributed by atoms with E-state index in [1.54, 1.807) is 19.2 Å². The van der Waals surface area contributed by atoms with E-state index < -0.39 is 0 Å². The smallest absolute Gasteiger partial charge is 0.191 e. The van der Waals surface area contributed by atoms with E-state index in [9.17, 15) is 4.39 Å². The summed E-state index contributed by atoms with van der Waals surface area (Å²) < 4.78 is 29.7. The van der Waals surface area contributed by atoms with Crippen LogP contribution in [0.15, 0.2) is 53.5 Å². The summed E-state index contributed by atoms with van der Waals surface area (Å²) in [5, 5.41) is 6.59. The first-order valence-electron chi connectivity index (χ1n) is 10.4. The molecule has 170 valence electrons. The number of nitrogens with zero attached hydrogens (tertiary/aromatic N) is 1. The number of nitrogens with one attached hydrogen (secondary N) is 2. The second-order valence-corrected chi connectivity index (χ2v) is 7.21. The highest BCUT2D eigenvalue weighted by Gasteiger charge is 2.15. The SMILES string of the molecule is CN=C(NCCCOCC1CCOC1)NCc1ccc(Oc2ccc(F)cc2)cc1.I. The molecule has 0 saturated carbocycles. The molecule has 1 saturated heterocycles. The molecule has 31 heavy (non-hydrogen) atoms. The molecule has 1 heterocycles. The zero-order valence-electron chi connectivity index (χ0n) is 17.8. The van der Waals surface area contributed by atoms with Gasteiger partial charge in [0.2, 0.25) is 0 Å². The van der Waals surface area contributed by atoms with Crippen LogP contribution in [-0.2, 0) is 16.0 Å². The molecule has 1 unspecified atom stereocenters. The van der Waals surface area contributed by atoms with Crippen molar-refractivity contribution in [3.63, 3.8) is 0 Å². The number of rotatable bonds is 10. The highest BCUT2D eigenvalue weighted by molar-refractivity contribution is 14.0. The highest BCUT2D eigenvalue weighted by Crippen LogP contribution is 2.21. The Bertz CT molecular complexity index is 782. The molecule has 0 aromatic heterocycles. The third-order valence-electron chi connectivity index (χ3n) is 4.79. The van der Waals surface area contributed by atoms with Crippen LogP contribution >= 0.6 is 24.0 Å². The molecule has 1 fully saturated rings. The van der Waals surface area contributed by atoms with Crippen LogP contribution in [0, 0.1) is 11.7 Å². The number of guanidine groups is 1. The molecule has 1 aliphatic heterocycles. The van der Waals surface area contributed by atoms with Gasteiger partial charge in [-0.1, -0.05) is 12.1 Å². The van der Waals surface area contributed by atoms with Gasteiger partial charge in [-0.25, -0.2) is 4.39 Å². The lowest BCUT2D eigenvalue weighted by atomic mass is 10.1. The quantitative estimate of drug-likeness (QED) is 0.202. The zero-order valence-corrected chi connectivity index (χ0v) is 20.1. The third kappa shape index (κ3) is 9.40. The Morgan fingerprint density at radius 1 is 1.10 bits per heavy atom. The highest BCUT2D eigenvalue weighted by atomic mass is 127.